The number of benzene rings is 2. The maximum Gasteiger partial charge on any atom is 0.129 e. The molecular formula is C14H8Br3ClN2. The van der Waals surface area contributed by atoms with Gasteiger partial charge in [-0.15, -0.1) is 11.6 Å². The molecule has 2 nitrogen and oxygen atoms in total. The predicted molar refractivity (Wildman–Crippen MR) is 93.7 cm³/mol. The van der Waals surface area contributed by atoms with Crippen molar-refractivity contribution < 1.29 is 0 Å². The first-order valence-electron chi connectivity index (χ1n) is 5.78. The summed E-state index contributed by atoms with van der Waals surface area (Å²) < 4.78 is 5.08. The van der Waals surface area contributed by atoms with Gasteiger partial charge in [-0.05, 0) is 52.3 Å². The van der Waals surface area contributed by atoms with Gasteiger partial charge in [-0.25, -0.2) is 4.98 Å². The topological polar surface area (TPSA) is 17.8 Å². The zero-order valence-electron chi connectivity index (χ0n) is 10.1. The van der Waals surface area contributed by atoms with E-state index in [0.717, 1.165) is 36.0 Å². The van der Waals surface area contributed by atoms with Crippen molar-refractivity contribution in [2.24, 2.45) is 0 Å². The lowest BCUT2D eigenvalue weighted by Gasteiger charge is -2.10. The number of hydrogen-bond acceptors (Lipinski definition) is 1. The molecule has 0 aliphatic rings. The van der Waals surface area contributed by atoms with Crippen molar-refractivity contribution >= 4 is 70.4 Å². The summed E-state index contributed by atoms with van der Waals surface area (Å²) in [5.74, 6) is 1.17. The third kappa shape index (κ3) is 2.56. The van der Waals surface area contributed by atoms with E-state index in [1.165, 1.54) is 0 Å². The number of hydrogen-bond donors (Lipinski definition) is 0. The first-order valence-corrected chi connectivity index (χ1v) is 8.70. The molecule has 6 heteroatoms. The van der Waals surface area contributed by atoms with Gasteiger partial charge in [-0.3, -0.25) is 4.57 Å². The standard InChI is InChI=1S/C14H8Br3ClN2/c15-8-2-4-12-11(5-8)19-14(7-18)20(12)13-6-9(16)1-3-10(13)17/h1-6H,7H2. The van der Waals surface area contributed by atoms with Gasteiger partial charge in [0.15, 0.2) is 0 Å². The highest BCUT2D eigenvalue weighted by atomic mass is 79.9. The minimum atomic E-state index is 0.352. The zero-order chi connectivity index (χ0) is 14.3. The quantitative estimate of drug-likeness (QED) is 0.409. The van der Waals surface area contributed by atoms with E-state index in [9.17, 15) is 0 Å². The van der Waals surface area contributed by atoms with Crippen molar-refractivity contribution in [3.05, 3.63) is 55.6 Å². The molecule has 20 heavy (non-hydrogen) atoms. The molecule has 1 heterocycles. The monoisotopic (exact) mass is 476 g/mol. The number of halogens is 4. The summed E-state index contributed by atoms with van der Waals surface area (Å²) in [6.07, 6.45) is 0. The van der Waals surface area contributed by atoms with Gasteiger partial charge < -0.3 is 0 Å². The molecule has 0 aliphatic carbocycles. The smallest absolute Gasteiger partial charge is 0.129 e. The van der Waals surface area contributed by atoms with Crippen LogP contribution in [0.4, 0.5) is 0 Å². The van der Waals surface area contributed by atoms with Crippen LogP contribution in [0, 0.1) is 0 Å². The molecule has 1 aromatic heterocycles. The Morgan fingerprint density at radius 1 is 1.00 bits per heavy atom. The molecule has 3 rings (SSSR count). The highest BCUT2D eigenvalue weighted by Crippen LogP contribution is 2.31. The second-order valence-corrected chi connectivity index (χ2v) is 7.18. The van der Waals surface area contributed by atoms with Crippen LogP contribution < -0.4 is 0 Å². The van der Waals surface area contributed by atoms with Gasteiger partial charge in [0.1, 0.15) is 5.82 Å². The summed E-state index contributed by atoms with van der Waals surface area (Å²) >= 11 is 16.6. The van der Waals surface area contributed by atoms with Crippen LogP contribution in [0.1, 0.15) is 5.82 Å². The molecule has 0 atom stereocenters. The molecule has 0 saturated carbocycles. The minimum absolute atomic E-state index is 0.352. The van der Waals surface area contributed by atoms with Gasteiger partial charge >= 0.3 is 0 Å². The molecule has 0 amide bonds. The molecule has 0 N–H and O–H groups in total. The molecule has 102 valence electrons. The fourth-order valence-corrected chi connectivity index (χ4v) is 3.42. The van der Waals surface area contributed by atoms with Crippen LogP contribution >= 0.6 is 59.4 Å². The number of imidazole rings is 1. The number of fused-ring (bicyclic) bond motifs is 1. The molecule has 0 aliphatic heterocycles. The van der Waals surface area contributed by atoms with Crippen LogP contribution in [-0.4, -0.2) is 9.55 Å². The van der Waals surface area contributed by atoms with Crippen molar-refractivity contribution in [3.63, 3.8) is 0 Å². The SMILES string of the molecule is ClCc1nc2cc(Br)ccc2n1-c1cc(Br)ccc1Br. The summed E-state index contributed by atoms with van der Waals surface area (Å²) in [6, 6.07) is 12.1. The second kappa shape index (κ2) is 5.79. The van der Waals surface area contributed by atoms with Gasteiger partial charge in [0, 0.05) is 13.4 Å². The molecule has 0 saturated heterocycles. The van der Waals surface area contributed by atoms with Crippen LogP contribution in [0.15, 0.2) is 49.8 Å². The molecule has 3 aromatic rings. The fraction of sp³-hybridized carbons (Fsp3) is 0.0714. The average Bonchev–Trinajstić information content (AvgIpc) is 2.78. The second-order valence-electron chi connectivity index (χ2n) is 4.23. The Labute approximate surface area is 146 Å². The van der Waals surface area contributed by atoms with Crippen molar-refractivity contribution in [2.45, 2.75) is 5.88 Å². The highest BCUT2D eigenvalue weighted by molar-refractivity contribution is 9.11. The molecule has 0 radical (unpaired) electrons. The van der Waals surface area contributed by atoms with E-state index in [0.29, 0.717) is 5.88 Å². The first-order chi connectivity index (χ1) is 9.60. The molecule has 0 spiro atoms. The minimum Gasteiger partial charge on any atom is -0.294 e. The Hall–Kier alpha value is -0.360. The lowest BCUT2D eigenvalue weighted by molar-refractivity contribution is 0.976. The summed E-state index contributed by atoms with van der Waals surface area (Å²) in [6.45, 7) is 0. The van der Waals surface area contributed by atoms with E-state index in [1.54, 1.807) is 0 Å². The van der Waals surface area contributed by atoms with Gasteiger partial charge in [-0.1, -0.05) is 31.9 Å². The first kappa shape index (κ1) is 14.6. The number of nitrogens with zero attached hydrogens (tertiary/aromatic N) is 2. The van der Waals surface area contributed by atoms with E-state index in [2.05, 4.69) is 57.3 Å². The Balaban J connectivity index is 2.37. The number of aromatic nitrogens is 2. The molecule has 2 aromatic carbocycles. The lowest BCUT2D eigenvalue weighted by atomic mass is 10.3. The Kier molecular flexibility index (Phi) is 4.22. The molecule has 0 fully saturated rings. The zero-order valence-corrected chi connectivity index (χ0v) is 15.6. The van der Waals surface area contributed by atoms with E-state index in [-0.39, 0.29) is 0 Å². The lowest BCUT2D eigenvalue weighted by Crippen LogP contribution is -2.00. The van der Waals surface area contributed by atoms with Crippen LogP contribution in [0.5, 0.6) is 0 Å². The largest absolute Gasteiger partial charge is 0.294 e. The van der Waals surface area contributed by atoms with E-state index < -0.39 is 0 Å². The predicted octanol–water partition coefficient (Wildman–Crippen LogP) is 6.05. The van der Waals surface area contributed by atoms with Crippen molar-refractivity contribution in [3.8, 4) is 5.69 Å². The summed E-state index contributed by atoms with van der Waals surface area (Å²) in [5.41, 5.74) is 2.96. The van der Waals surface area contributed by atoms with Crippen LogP contribution in [-0.2, 0) is 5.88 Å². The van der Waals surface area contributed by atoms with E-state index in [4.69, 9.17) is 11.6 Å². The Morgan fingerprint density at radius 2 is 1.70 bits per heavy atom. The van der Waals surface area contributed by atoms with Crippen molar-refractivity contribution in [1.29, 1.82) is 0 Å². The normalized spacial score (nSPS) is 11.2. The molecule has 0 unspecified atom stereocenters. The van der Waals surface area contributed by atoms with Gasteiger partial charge in [0.2, 0.25) is 0 Å². The molecule has 0 bridgehead atoms. The van der Waals surface area contributed by atoms with Crippen LogP contribution in [0.2, 0.25) is 0 Å². The number of rotatable bonds is 2. The van der Waals surface area contributed by atoms with Gasteiger partial charge in [0.05, 0.1) is 22.6 Å². The van der Waals surface area contributed by atoms with Crippen LogP contribution in [0.25, 0.3) is 16.7 Å². The van der Waals surface area contributed by atoms with Crippen molar-refractivity contribution in [1.82, 2.24) is 9.55 Å². The van der Waals surface area contributed by atoms with Crippen LogP contribution in [0.3, 0.4) is 0 Å². The maximum atomic E-state index is 6.06. The highest BCUT2D eigenvalue weighted by Gasteiger charge is 2.14. The molecular weight excluding hydrogens is 471 g/mol. The van der Waals surface area contributed by atoms with Gasteiger partial charge in [0.25, 0.3) is 0 Å². The van der Waals surface area contributed by atoms with Crippen molar-refractivity contribution in [2.75, 3.05) is 0 Å². The third-order valence-corrected chi connectivity index (χ3v) is 4.85. The van der Waals surface area contributed by atoms with Gasteiger partial charge in [-0.2, -0.15) is 0 Å². The summed E-state index contributed by atoms with van der Waals surface area (Å²) in [4.78, 5) is 4.60. The van der Waals surface area contributed by atoms with E-state index >= 15 is 0 Å². The third-order valence-electron chi connectivity index (χ3n) is 2.95. The van der Waals surface area contributed by atoms with E-state index in [1.807, 2.05) is 36.4 Å². The average molecular weight is 479 g/mol. The fourth-order valence-electron chi connectivity index (χ4n) is 2.12. The summed E-state index contributed by atoms with van der Waals surface area (Å²) in [7, 11) is 0. The Morgan fingerprint density at radius 3 is 2.45 bits per heavy atom. The Bertz CT molecular complexity index is 798. The maximum absolute atomic E-state index is 6.06. The summed E-state index contributed by atoms with van der Waals surface area (Å²) in [5, 5.41) is 0. The number of alkyl halides is 1.